The van der Waals surface area contributed by atoms with E-state index in [4.69, 9.17) is 0 Å². The minimum absolute atomic E-state index is 0.00954. The summed E-state index contributed by atoms with van der Waals surface area (Å²) in [6.45, 7) is 0. The van der Waals surface area contributed by atoms with Crippen LogP contribution >= 0.6 is 23.1 Å². The second-order valence-electron chi connectivity index (χ2n) is 3.58. The van der Waals surface area contributed by atoms with Crippen LogP contribution in [-0.4, -0.2) is 19.1 Å². The number of aromatic nitrogens is 3. The zero-order valence-corrected chi connectivity index (χ0v) is 10.8. The van der Waals surface area contributed by atoms with E-state index in [0.717, 1.165) is 22.0 Å². The van der Waals surface area contributed by atoms with Gasteiger partial charge in [-0.1, -0.05) is 29.2 Å². The highest BCUT2D eigenvalue weighted by molar-refractivity contribution is 7.98. The van der Waals surface area contributed by atoms with Gasteiger partial charge < -0.3 is 5.11 Å². The molecule has 0 fully saturated rings. The highest BCUT2D eigenvalue weighted by atomic mass is 32.2. The van der Waals surface area contributed by atoms with Gasteiger partial charge in [0.1, 0.15) is 5.65 Å². The third-order valence-electron chi connectivity index (χ3n) is 2.49. The number of pyridine rings is 1. The number of imidazole rings is 1. The molecule has 0 amide bonds. The van der Waals surface area contributed by atoms with Crippen molar-refractivity contribution in [1.29, 1.82) is 0 Å². The van der Waals surface area contributed by atoms with E-state index in [1.165, 1.54) is 21.7 Å². The molecule has 0 aromatic carbocycles. The number of fused-ring (bicyclic) bond motifs is 1. The van der Waals surface area contributed by atoms with E-state index < -0.39 is 0 Å². The van der Waals surface area contributed by atoms with E-state index in [0.29, 0.717) is 5.88 Å². The first kappa shape index (κ1) is 11.4. The molecule has 92 valence electrons. The van der Waals surface area contributed by atoms with Gasteiger partial charge in [-0.05, 0) is 12.1 Å². The molecule has 3 aromatic heterocycles. The minimum Gasteiger partial charge on any atom is -0.494 e. The fourth-order valence-electron chi connectivity index (χ4n) is 1.61. The molecule has 0 radical (unpaired) electrons. The van der Waals surface area contributed by atoms with E-state index in [1.54, 1.807) is 6.20 Å². The lowest BCUT2D eigenvalue weighted by Gasteiger charge is -2.05. The van der Waals surface area contributed by atoms with Crippen LogP contribution in [-0.2, 0) is 5.88 Å². The smallest absolute Gasteiger partial charge is 0.310 e. The predicted octanol–water partition coefficient (Wildman–Crippen LogP) is 2.01. The van der Waals surface area contributed by atoms with Crippen molar-refractivity contribution in [2.75, 3.05) is 0 Å². The number of rotatable bonds is 3. The van der Waals surface area contributed by atoms with Crippen molar-refractivity contribution in [3.63, 3.8) is 0 Å². The average molecular weight is 279 g/mol. The Morgan fingerprint density at radius 1 is 1.44 bits per heavy atom. The molecule has 0 saturated carbocycles. The summed E-state index contributed by atoms with van der Waals surface area (Å²) >= 11 is 2.47. The lowest BCUT2D eigenvalue weighted by Crippen LogP contribution is -2.10. The largest absolute Gasteiger partial charge is 0.494 e. The van der Waals surface area contributed by atoms with Crippen LogP contribution in [0.25, 0.3) is 5.65 Å². The molecule has 7 heteroatoms. The molecule has 1 N–H and O–H groups in total. The molecule has 0 aliphatic carbocycles. The van der Waals surface area contributed by atoms with Crippen molar-refractivity contribution in [3.8, 4) is 5.88 Å². The van der Waals surface area contributed by atoms with Gasteiger partial charge in [-0.15, -0.1) is 0 Å². The van der Waals surface area contributed by atoms with Crippen LogP contribution < -0.4 is 4.87 Å². The molecule has 0 bridgehead atoms. The number of hydrogen-bond donors (Lipinski definition) is 1. The first-order valence-electron chi connectivity index (χ1n) is 5.18. The van der Waals surface area contributed by atoms with E-state index in [9.17, 15) is 9.90 Å². The SMILES string of the molecule is O=c1scc(O)n1CSc1cccc2nccn12. The van der Waals surface area contributed by atoms with Crippen molar-refractivity contribution in [3.05, 3.63) is 45.6 Å². The zero-order chi connectivity index (χ0) is 12.5. The maximum Gasteiger partial charge on any atom is 0.310 e. The predicted molar refractivity (Wildman–Crippen MR) is 71.3 cm³/mol. The van der Waals surface area contributed by atoms with E-state index in [1.807, 2.05) is 28.8 Å². The third-order valence-corrected chi connectivity index (χ3v) is 4.26. The highest BCUT2D eigenvalue weighted by Crippen LogP contribution is 2.22. The summed E-state index contributed by atoms with van der Waals surface area (Å²) in [4.78, 5) is 15.5. The van der Waals surface area contributed by atoms with Gasteiger partial charge in [0.15, 0.2) is 0 Å². The maximum atomic E-state index is 11.5. The molecular formula is C11H9N3O2S2. The molecule has 5 nitrogen and oxygen atoms in total. The Balaban J connectivity index is 1.90. The fraction of sp³-hybridized carbons (Fsp3) is 0.0909. The second-order valence-corrected chi connectivity index (χ2v) is 5.37. The Hall–Kier alpha value is -1.73. The van der Waals surface area contributed by atoms with E-state index in [-0.39, 0.29) is 10.8 Å². The Bertz CT molecular complexity index is 744. The van der Waals surface area contributed by atoms with Crippen LogP contribution in [0.4, 0.5) is 0 Å². The first-order valence-corrected chi connectivity index (χ1v) is 7.04. The van der Waals surface area contributed by atoms with Gasteiger partial charge >= 0.3 is 4.87 Å². The van der Waals surface area contributed by atoms with Gasteiger partial charge in [-0.25, -0.2) is 4.98 Å². The number of aromatic hydroxyl groups is 1. The van der Waals surface area contributed by atoms with Gasteiger partial charge in [0.05, 0.1) is 16.3 Å². The van der Waals surface area contributed by atoms with Crippen molar-refractivity contribution in [2.45, 2.75) is 10.9 Å². The second kappa shape index (κ2) is 4.51. The van der Waals surface area contributed by atoms with Crippen LogP contribution in [0.5, 0.6) is 5.88 Å². The standard InChI is InChI=1S/C11H9N3O2S2/c15-9-6-17-11(16)14(9)7-18-10-3-1-2-8-12-4-5-13(8)10/h1-6,15H,7H2. The molecular weight excluding hydrogens is 270 g/mol. The van der Waals surface area contributed by atoms with E-state index >= 15 is 0 Å². The van der Waals surface area contributed by atoms with E-state index in [2.05, 4.69) is 4.98 Å². The number of hydrogen-bond acceptors (Lipinski definition) is 5. The van der Waals surface area contributed by atoms with Gasteiger partial charge in [-0.2, -0.15) is 0 Å². The molecule has 0 spiro atoms. The molecule has 0 aliphatic rings. The Morgan fingerprint density at radius 2 is 2.33 bits per heavy atom. The molecule has 0 atom stereocenters. The Labute approximate surface area is 110 Å². The highest BCUT2D eigenvalue weighted by Gasteiger charge is 2.07. The molecule has 3 aromatic rings. The van der Waals surface area contributed by atoms with Crippen LogP contribution in [0, 0.1) is 0 Å². The van der Waals surface area contributed by atoms with Gasteiger partial charge in [0.2, 0.25) is 5.88 Å². The van der Waals surface area contributed by atoms with Crippen LogP contribution in [0.3, 0.4) is 0 Å². The lowest BCUT2D eigenvalue weighted by molar-refractivity contribution is 0.428. The van der Waals surface area contributed by atoms with Crippen molar-refractivity contribution in [1.82, 2.24) is 14.0 Å². The molecule has 0 saturated heterocycles. The van der Waals surface area contributed by atoms with Crippen LogP contribution in [0.15, 0.2) is 45.8 Å². The monoisotopic (exact) mass is 279 g/mol. The Morgan fingerprint density at radius 3 is 3.11 bits per heavy atom. The summed E-state index contributed by atoms with van der Waals surface area (Å²) in [6, 6.07) is 5.78. The number of nitrogens with zero attached hydrogens (tertiary/aromatic N) is 3. The van der Waals surface area contributed by atoms with Gasteiger partial charge in [-0.3, -0.25) is 13.8 Å². The first-order chi connectivity index (χ1) is 8.75. The van der Waals surface area contributed by atoms with Crippen LogP contribution in [0.1, 0.15) is 0 Å². The van der Waals surface area contributed by atoms with Crippen molar-refractivity contribution < 1.29 is 5.11 Å². The van der Waals surface area contributed by atoms with Crippen LogP contribution in [0.2, 0.25) is 0 Å². The lowest BCUT2D eigenvalue weighted by atomic mass is 10.5. The third kappa shape index (κ3) is 1.91. The number of thiazole rings is 1. The Kier molecular flexibility index (Phi) is 2.85. The van der Waals surface area contributed by atoms with Crippen molar-refractivity contribution >= 4 is 28.7 Å². The summed E-state index contributed by atoms with van der Waals surface area (Å²) in [7, 11) is 0. The molecule has 0 unspecified atom stereocenters. The number of thioether (sulfide) groups is 1. The fourth-order valence-corrected chi connectivity index (χ4v) is 3.29. The maximum absolute atomic E-state index is 11.5. The normalized spacial score (nSPS) is 11.1. The molecule has 18 heavy (non-hydrogen) atoms. The van der Waals surface area contributed by atoms with Gasteiger partial charge in [0, 0.05) is 12.4 Å². The summed E-state index contributed by atoms with van der Waals surface area (Å²) in [5, 5.41) is 11.9. The zero-order valence-electron chi connectivity index (χ0n) is 9.18. The minimum atomic E-state index is -0.155. The molecule has 0 aliphatic heterocycles. The molecule has 3 rings (SSSR count). The summed E-state index contributed by atoms with van der Waals surface area (Å²) < 4.78 is 3.28. The molecule has 3 heterocycles. The topological polar surface area (TPSA) is 59.5 Å². The van der Waals surface area contributed by atoms with Gasteiger partial charge in [0.25, 0.3) is 0 Å². The summed E-state index contributed by atoms with van der Waals surface area (Å²) in [5.41, 5.74) is 0.863. The quantitative estimate of drug-likeness (QED) is 0.745. The summed E-state index contributed by atoms with van der Waals surface area (Å²) in [5.74, 6) is 0.390. The summed E-state index contributed by atoms with van der Waals surface area (Å²) in [6.07, 6.45) is 3.60. The average Bonchev–Trinajstić information content (AvgIpc) is 2.95. The van der Waals surface area contributed by atoms with Crippen molar-refractivity contribution in [2.24, 2.45) is 0 Å².